The molecule has 4 unspecified atom stereocenters. The molecule has 0 saturated heterocycles. The third kappa shape index (κ3) is 1.10. The summed E-state index contributed by atoms with van der Waals surface area (Å²) in [6.07, 6.45) is 6.53. The van der Waals surface area contributed by atoms with Crippen molar-refractivity contribution in [1.82, 2.24) is 0 Å². The van der Waals surface area contributed by atoms with Crippen LogP contribution in [0.1, 0.15) is 25.7 Å². The molecule has 4 rings (SSSR count). The monoisotopic (exact) mass is 196 g/mol. The first-order valence-corrected chi connectivity index (χ1v) is 5.89. The van der Waals surface area contributed by atoms with E-state index in [-0.39, 0.29) is 0 Å². The van der Waals surface area contributed by atoms with Crippen LogP contribution in [-0.4, -0.2) is 26.4 Å². The number of ether oxygens (including phenoxy) is 2. The zero-order valence-corrected chi connectivity index (χ0v) is 9.11. The second kappa shape index (κ2) is 3.21. The van der Waals surface area contributed by atoms with Crippen LogP contribution in [0.25, 0.3) is 0 Å². The van der Waals surface area contributed by atoms with Crippen molar-refractivity contribution in [3.8, 4) is 0 Å². The summed E-state index contributed by atoms with van der Waals surface area (Å²) >= 11 is 0. The summed E-state index contributed by atoms with van der Waals surface area (Å²) in [5.74, 6) is 3.37. The summed E-state index contributed by atoms with van der Waals surface area (Å²) in [4.78, 5) is 0. The SMILES string of the molecule is COC1C2CC3CC(C2)C(OC)C1C3. The van der Waals surface area contributed by atoms with E-state index in [2.05, 4.69) is 0 Å². The van der Waals surface area contributed by atoms with Crippen LogP contribution in [0.4, 0.5) is 0 Å². The van der Waals surface area contributed by atoms with Gasteiger partial charge in [-0.15, -0.1) is 0 Å². The molecule has 4 bridgehead atoms. The second-order valence-corrected chi connectivity index (χ2v) is 5.39. The molecule has 14 heavy (non-hydrogen) atoms. The minimum absolute atomic E-state index is 0.493. The first-order chi connectivity index (χ1) is 6.83. The Morgan fingerprint density at radius 1 is 0.786 bits per heavy atom. The Morgan fingerprint density at radius 2 is 1.36 bits per heavy atom. The van der Waals surface area contributed by atoms with Gasteiger partial charge in [0.1, 0.15) is 0 Å². The molecular formula is C12H20O2. The number of hydrogen-bond acceptors (Lipinski definition) is 2. The molecule has 2 nitrogen and oxygen atoms in total. The Labute approximate surface area is 86.0 Å². The lowest BCUT2D eigenvalue weighted by atomic mass is 9.53. The van der Waals surface area contributed by atoms with E-state index in [1.54, 1.807) is 0 Å². The van der Waals surface area contributed by atoms with E-state index < -0.39 is 0 Å². The normalized spacial score (nSPS) is 55.3. The molecule has 0 N–H and O–H groups in total. The molecule has 80 valence electrons. The fourth-order valence-corrected chi connectivity index (χ4v) is 4.54. The Hall–Kier alpha value is -0.0800. The van der Waals surface area contributed by atoms with Gasteiger partial charge in [-0.05, 0) is 43.4 Å². The highest BCUT2D eigenvalue weighted by molar-refractivity contribution is 5.03. The third-order valence-corrected chi connectivity index (χ3v) is 4.80. The summed E-state index contributed by atoms with van der Waals surface area (Å²) < 4.78 is 11.4. The fraction of sp³-hybridized carbons (Fsp3) is 1.00. The summed E-state index contributed by atoms with van der Waals surface area (Å²) in [5.41, 5.74) is 0. The zero-order valence-electron chi connectivity index (χ0n) is 9.11. The van der Waals surface area contributed by atoms with E-state index >= 15 is 0 Å². The fourth-order valence-electron chi connectivity index (χ4n) is 4.54. The van der Waals surface area contributed by atoms with Crippen LogP contribution >= 0.6 is 0 Å². The first-order valence-electron chi connectivity index (χ1n) is 5.89. The molecule has 4 atom stereocenters. The highest BCUT2D eigenvalue weighted by Crippen LogP contribution is 2.55. The van der Waals surface area contributed by atoms with Crippen LogP contribution in [0.2, 0.25) is 0 Å². The van der Waals surface area contributed by atoms with Crippen molar-refractivity contribution in [3.05, 3.63) is 0 Å². The van der Waals surface area contributed by atoms with E-state index in [9.17, 15) is 0 Å². The summed E-state index contributed by atoms with van der Waals surface area (Å²) in [6.45, 7) is 0. The van der Waals surface area contributed by atoms with Crippen molar-refractivity contribution in [3.63, 3.8) is 0 Å². The lowest BCUT2D eigenvalue weighted by molar-refractivity contribution is -0.181. The van der Waals surface area contributed by atoms with E-state index in [4.69, 9.17) is 9.47 Å². The smallest absolute Gasteiger partial charge is 0.0652 e. The molecule has 4 aliphatic carbocycles. The maximum absolute atomic E-state index is 5.68. The Morgan fingerprint density at radius 3 is 1.86 bits per heavy atom. The van der Waals surface area contributed by atoms with Crippen LogP contribution < -0.4 is 0 Å². The molecule has 0 amide bonds. The molecule has 0 aromatic rings. The number of methoxy groups -OCH3 is 2. The molecule has 4 saturated carbocycles. The minimum atomic E-state index is 0.493. The average molecular weight is 196 g/mol. The molecule has 0 aromatic carbocycles. The van der Waals surface area contributed by atoms with E-state index in [1.165, 1.54) is 25.7 Å². The van der Waals surface area contributed by atoms with Crippen molar-refractivity contribution in [2.75, 3.05) is 14.2 Å². The zero-order chi connectivity index (χ0) is 9.71. The summed E-state index contributed by atoms with van der Waals surface area (Å²) in [7, 11) is 3.75. The first kappa shape index (κ1) is 9.17. The van der Waals surface area contributed by atoms with Crippen molar-refractivity contribution in [1.29, 1.82) is 0 Å². The maximum Gasteiger partial charge on any atom is 0.0652 e. The van der Waals surface area contributed by atoms with Gasteiger partial charge in [-0.25, -0.2) is 0 Å². The molecule has 0 aromatic heterocycles. The van der Waals surface area contributed by atoms with Crippen LogP contribution in [-0.2, 0) is 9.47 Å². The molecule has 0 heterocycles. The maximum atomic E-state index is 5.68. The van der Waals surface area contributed by atoms with E-state index in [0.717, 1.165) is 17.8 Å². The summed E-state index contributed by atoms with van der Waals surface area (Å²) in [5, 5.41) is 0. The largest absolute Gasteiger partial charge is 0.381 e. The van der Waals surface area contributed by atoms with Gasteiger partial charge in [0.25, 0.3) is 0 Å². The quantitative estimate of drug-likeness (QED) is 0.673. The lowest BCUT2D eigenvalue weighted by Gasteiger charge is -2.57. The standard InChI is InChI=1S/C12H20O2/c1-13-11-8-3-7-4-9(6-8)12(14-2)10(11)5-7/h7-12H,3-6H2,1-2H3. The molecule has 4 aliphatic rings. The van der Waals surface area contributed by atoms with Crippen LogP contribution in [0.3, 0.4) is 0 Å². The van der Waals surface area contributed by atoms with Crippen molar-refractivity contribution in [2.45, 2.75) is 37.9 Å². The van der Waals surface area contributed by atoms with Gasteiger partial charge in [0.15, 0.2) is 0 Å². The lowest BCUT2D eigenvalue weighted by Crippen LogP contribution is -2.57. The average Bonchev–Trinajstić information content (AvgIpc) is 2.17. The highest BCUT2D eigenvalue weighted by Gasteiger charge is 2.53. The van der Waals surface area contributed by atoms with Gasteiger partial charge in [-0.2, -0.15) is 0 Å². The predicted octanol–water partition coefficient (Wildman–Crippen LogP) is 2.08. The Bertz CT molecular complexity index is 208. The molecule has 0 radical (unpaired) electrons. The van der Waals surface area contributed by atoms with Crippen LogP contribution in [0, 0.1) is 23.7 Å². The molecular weight excluding hydrogens is 176 g/mol. The van der Waals surface area contributed by atoms with Gasteiger partial charge >= 0.3 is 0 Å². The predicted molar refractivity (Wildman–Crippen MR) is 54.0 cm³/mol. The van der Waals surface area contributed by atoms with E-state index in [1.807, 2.05) is 14.2 Å². The number of rotatable bonds is 2. The van der Waals surface area contributed by atoms with Crippen LogP contribution in [0.5, 0.6) is 0 Å². The van der Waals surface area contributed by atoms with Gasteiger partial charge in [0, 0.05) is 20.1 Å². The number of hydrogen-bond donors (Lipinski definition) is 0. The summed E-state index contributed by atoms with van der Waals surface area (Å²) in [6, 6.07) is 0. The Kier molecular flexibility index (Phi) is 2.10. The van der Waals surface area contributed by atoms with Gasteiger partial charge in [-0.3, -0.25) is 0 Å². The van der Waals surface area contributed by atoms with Crippen molar-refractivity contribution in [2.24, 2.45) is 23.7 Å². The molecule has 4 fully saturated rings. The molecule has 0 aliphatic heterocycles. The van der Waals surface area contributed by atoms with Gasteiger partial charge in [0.05, 0.1) is 12.2 Å². The van der Waals surface area contributed by atoms with Crippen LogP contribution in [0.15, 0.2) is 0 Å². The third-order valence-electron chi connectivity index (χ3n) is 4.80. The second-order valence-electron chi connectivity index (χ2n) is 5.39. The molecule has 0 spiro atoms. The Balaban J connectivity index is 1.87. The minimum Gasteiger partial charge on any atom is -0.381 e. The van der Waals surface area contributed by atoms with Crippen molar-refractivity contribution >= 4 is 0 Å². The molecule has 2 heteroatoms. The highest BCUT2D eigenvalue weighted by atomic mass is 16.5. The topological polar surface area (TPSA) is 18.5 Å². The van der Waals surface area contributed by atoms with E-state index in [0.29, 0.717) is 18.1 Å². The van der Waals surface area contributed by atoms with Gasteiger partial charge in [-0.1, -0.05) is 0 Å². The van der Waals surface area contributed by atoms with Crippen molar-refractivity contribution < 1.29 is 9.47 Å². The van der Waals surface area contributed by atoms with Gasteiger partial charge < -0.3 is 9.47 Å². The van der Waals surface area contributed by atoms with Gasteiger partial charge in [0.2, 0.25) is 0 Å².